The molecule has 2 saturated heterocycles. The monoisotopic (exact) mass is 399 g/mol. The minimum Gasteiger partial charge on any atom is -0.322 e. The summed E-state index contributed by atoms with van der Waals surface area (Å²) in [5.74, 6) is -0.753. The van der Waals surface area contributed by atoms with Crippen molar-refractivity contribution in [2.24, 2.45) is 0 Å². The Labute approximate surface area is 171 Å². The molecule has 2 unspecified atom stereocenters. The summed E-state index contributed by atoms with van der Waals surface area (Å²) in [6.45, 7) is 8.44. The zero-order valence-corrected chi connectivity index (χ0v) is 16.9. The minimum absolute atomic E-state index is 0.120. The second-order valence-electron chi connectivity index (χ2n) is 8.11. The molecule has 1 aromatic rings. The number of fused-ring (bicyclic) bond motifs is 1. The summed E-state index contributed by atoms with van der Waals surface area (Å²) in [5, 5.41) is 9.26. The fraction of sp³-hybridized carbons (Fsp3) is 0.571. The lowest BCUT2D eigenvalue weighted by Crippen LogP contribution is -2.52. The number of imide groups is 1. The Morgan fingerprint density at radius 3 is 2.76 bits per heavy atom. The molecule has 0 bridgehead atoms. The summed E-state index contributed by atoms with van der Waals surface area (Å²) >= 11 is 0. The van der Waals surface area contributed by atoms with Crippen LogP contribution in [0.2, 0.25) is 0 Å². The van der Waals surface area contributed by atoms with Crippen LogP contribution < -0.4 is 16.0 Å². The van der Waals surface area contributed by atoms with Crippen LogP contribution in [-0.4, -0.2) is 72.3 Å². The number of carbonyl (C=O) groups is 3. The van der Waals surface area contributed by atoms with Crippen LogP contribution in [0.15, 0.2) is 18.2 Å². The Balaban J connectivity index is 1.39. The lowest BCUT2D eigenvalue weighted by Gasteiger charge is -2.33. The molecule has 1 aromatic carbocycles. The average molecular weight is 399 g/mol. The van der Waals surface area contributed by atoms with E-state index in [2.05, 4.69) is 27.8 Å². The van der Waals surface area contributed by atoms with E-state index in [4.69, 9.17) is 0 Å². The third kappa shape index (κ3) is 4.19. The van der Waals surface area contributed by atoms with E-state index in [1.807, 2.05) is 18.2 Å². The van der Waals surface area contributed by atoms with Crippen molar-refractivity contribution in [3.8, 4) is 0 Å². The van der Waals surface area contributed by atoms with Crippen LogP contribution in [0, 0.1) is 0 Å². The third-order valence-corrected chi connectivity index (χ3v) is 6.21. The quantitative estimate of drug-likeness (QED) is 0.575. The van der Waals surface area contributed by atoms with Crippen LogP contribution in [0.25, 0.3) is 0 Å². The average Bonchev–Trinajstić information content (AvgIpc) is 3.06. The van der Waals surface area contributed by atoms with Gasteiger partial charge in [0.1, 0.15) is 6.04 Å². The maximum Gasteiger partial charge on any atom is 0.255 e. The highest BCUT2D eigenvalue weighted by atomic mass is 16.2. The SMILES string of the molecule is CC(CNCc1cccc2c1CN(C1CCC(=O)NC1=O)C2=O)N1CCNCC1. The number of piperazine rings is 1. The fourth-order valence-corrected chi connectivity index (χ4v) is 4.48. The number of nitrogens with one attached hydrogen (secondary N) is 3. The van der Waals surface area contributed by atoms with E-state index >= 15 is 0 Å². The maximum atomic E-state index is 12.9. The first-order chi connectivity index (χ1) is 14.0. The molecule has 4 rings (SSSR count). The largest absolute Gasteiger partial charge is 0.322 e. The van der Waals surface area contributed by atoms with E-state index in [-0.39, 0.29) is 24.1 Å². The molecule has 3 aliphatic rings. The first-order valence-electron chi connectivity index (χ1n) is 10.5. The molecule has 8 heteroatoms. The molecule has 8 nitrogen and oxygen atoms in total. The Morgan fingerprint density at radius 1 is 1.21 bits per heavy atom. The number of carbonyl (C=O) groups excluding carboxylic acids is 3. The molecule has 2 fully saturated rings. The molecule has 0 spiro atoms. The zero-order chi connectivity index (χ0) is 20.4. The van der Waals surface area contributed by atoms with Crippen molar-refractivity contribution < 1.29 is 14.4 Å². The molecule has 156 valence electrons. The highest BCUT2D eigenvalue weighted by molar-refractivity contribution is 6.05. The van der Waals surface area contributed by atoms with Gasteiger partial charge in [-0.05, 0) is 30.5 Å². The lowest BCUT2D eigenvalue weighted by atomic mass is 10.0. The summed E-state index contributed by atoms with van der Waals surface area (Å²) in [4.78, 5) is 40.6. The standard InChI is InChI=1S/C21H29N5O3/c1-14(25-9-7-22-8-10-25)11-23-12-15-3-2-4-16-17(15)13-26(21(16)29)18-5-6-19(27)24-20(18)28/h2-4,14,18,22-23H,5-13H2,1H3,(H,24,27,28). The number of hydrogen-bond donors (Lipinski definition) is 3. The molecule has 0 radical (unpaired) electrons. The van der Waals surface area contributed by atoms with E-state index in [1.165, 1.54) is 0 Å². The van der Waals surface area contributed by atoms with Gasteiger partial charge in [0.25, 0.3) is 5.91 Å². The predicted molar refractivity (Wildman–Crippen MR) is 108 cm³/mol. The second kappa shape index (κ2) is 8.61. The Bertz CT molecular complexity index is 806. The number of benzene rings is 1. The molecule has 3 N–H and O–H groups in total. The van der Waals surface area contributed by atoms with E-state index in [1.54, 1.807) is 4.90 Å². The normalized spacial score (nSPS) is 23.8. The van der Waals surface area contributed by atoms with Crippen molar-refractivity contribution in [3.05, 3.63) is 34.9 Å². The van der Waals surface area contributed by atoms with Gasteiger partial charge >= 0.3 is 0 Å². The molecular weight excluding hydrogens is 370 g/mol. The summed E-state index contributed by atoms with van der Waals surface area (Å²) in [6.07, 6.45) is 0.662. The molecule has 3 heterocycles. The lowest BCUT2D eigenvalue weighted by molar-refractivity contribution is -0.136. The van der Waals surface area contributed by atoms with E-state index in [9.17, 15) is 14.4 Å². The van der Waals surface area contributed by atoms with Crippen LogP contribution in [0.5, 0.6) is 0 Å². The van der Waals surface area contributed by atoms with Gasteiger partial charge < -0.3 is 15.5 Å². The van der Waals surface area contributed by atoms with Gasteiger partial charge in [0.15, 0.2) is 0 Å². The Morgan fingerprint density at radius 2 is 2.00 bits per heavy atom. The highest BCUT2D eigenvalue weighted by Gasteiger charge is 2.39. The summed E-state index contributed by atoms with van der Waals surface area (Å²) in [5.41, 5.74) is 2.76. The van der Waals surface area contributed by atoms with Crippen LogP contribution in [0.3, 0.4) is 0 Å². The molecule has 29 heavy (non-hydrogen) atoms. The van der Waals surface area contributed by atoms with Gasteiger partial charge in [-0.3, -0.25) is 24.6 Å². The summed E-state index contributed by atoms with van der Waals surface area (Å²) in [7, 11) is 0. The van der Waals surface area contributed by atoms with Gasteiger partial charge in [0.05, 0.1) is 0 Å². The van der Waals surface area contributed by atoms with Crippen molar-refractivity contribution in [2.75, 3.05) is 32.7 Å². The highest BCUT2D eigenvalue weighted by Crippen LogP contribution is 2.29. The number of rotatable bonds is 6. The van der Waals surface area contributed by atoms with Gasteiger partial charge in [0.2, 0.25) is 11.8 Å². The van der Waals surface area contributed by atoms with Crippen LogP contribution in [0.1, 0.15) is 41.3 Å². The van der Waals surface area contributed by atoms with E-state index in [0.29, 0.717) is 31.1 Å². The van der Waals surface area contributed by atoms with Crippen molar-refractivity contribution >= 4 is 17.7 Å². The van der Waals surface area contributed by atoms with Gasteiger partial charge in [-0.25, -0.2) is 0 Å². The number of amides is 3. The topological polar surface area (TPSA) is 93.8 Å². The van der Waals surface area contributed by atoms with Crippen molar-refractivity contribution in [2.45, 2.75) is 44.9 Å². The Kier molecular flexibility index (Phi) is 5.94. The minimum atomic E-state index is -0.568. The van der Waals surface area contributed by atoms with Crippen LogP contribution in [0.4, 0.5) is 0 Å². The summed E-state index contributed by atoms with van der Waals surface area (Å²) < 4.78 is 0. The second-order valence-corrected chi connectivity index (χ2v) is 8.11. The molecular formula is C21H29N5O3. The van der Waals surface area contributed by atoms with Gasteiger partial charge in [0, 0.05) is 63.8 Å². The number of nitrogens with zero attached hydrogens (tertiary/aromatic N) is 2. The number of hydrogen-bond acceptors (Lipinski definition) is 6. The van der Waals surface area contributed by atoms with E-state index < -0.39 is 6.04 Å². The molecule has 0 aliphatic carbocycles. The van der Waals surface area contributed by atoms with Gasteiger partial charge in [-0.15, -0.1) is 0 Å². The maximum absolute atomic E-state index is 12.9. The molecule has 0 aromatic heterocycles. The van der Waals surface area contributed by atoms with Gasteiger partial charge in [-0.2, -0.15) is 0 Å². The Hall–Kier alpha value is -2.29. The van der Waals surface area contributed by atoms with Crippen molar-refractivity contribution in [3.63, 3.8) is 0 Å². The molecule has 0 saturated carbocycles. The van der Waals surface area contributed by atoms with Crippen molar-refractivity contribution in [1.29, 1.82) is 0 Å². The molecule has 2 atom stereocenters. The molecule has 3 aliphatic heterocycles. The smallest absolute Gasteiger partial charge is 0.255 e. The summed E-state index contributed by atoms with van der Waals surface area (Å²) in [6, 6.07) is 5.66. The van der Waals surface area contributed by atoms with Crippen LogP contribution >= 0.6 is 0 Å². The van der Waals surface area contributed by atoms with Crippen LogP contribution in [-0.2, 0) is 22.7 Å². The predicted octanol–water partition coefficient (Wildman–Crippen LogP) is -0.169. The van der Waals surface area contributed by atoms with E-state index in [0.717, 1.165) is 43.9 Å². The first kappa shape index (κ1) is 20.0. The van der Waals surface area contributed by atoms with Crippen molar-refractivity contribution in [1.82, 2.24) is 25.8 Å². The van der Waals surface area contributed by atoms with Gasteiger partial charge in [-0.1, -0.05) is 12.1 Å². The first-order valence-corrected chi connectivity index (χ1v) is 10.5. The molecule has 3 amide bonds. The fourth-order valence-electron chi connectivity index (χ4n) is 4.48. The number of piperidine rings is 1. The third-order valence-electron chi connectivity index (χ3n) is 6.21. The zero-order valence-electron chi connectivity index (χ0n) is 16.9.